The van der Waals surface area contributed by atoms with Crippen molar-refractivity contribution in [2.45, 2.75) is 26.9 Å². The number of nitrogens with one attached hydrogen (secondary N) is 1. The summed E-state index contributed by atoms with van der Waals surface area (Å²) in [6.45, 7) is 3.89. The normalized spacial score (nSPS) is 10.4. The highest BCUT2D eigenvalue weighted by atomic mass is 16.5. The lowest BCUT2D eigenvalue weighted by molar-refractivity contribution is -0.141. The summed E-state index contributed by atoms with van der Waals surface area (Å²) in [6.07, 6.45) is 3.04. The Kier molecular flexibility index (Phi) is 4.36. The molecule has 112 valence electrons. The van der Waals surface area contributed by atoms with Gasteiger partial charge in [-0.1, -0.05) is 0 Å². The predicted octanol–water partition coefficient (Wildman–Crippen LogP) is 0.508. The first-order valence-corrected chi connectivity index (χ1v) is 6.38. The van der Waals surface area contributed by atoms with E-state index in [1.165, 1.54) is 18.0 Å². The SMILES string of the molecule is COC(=O)Cn1cc(NC(=O)Cn2nc(C)cc2C)cn1. The average Bonchev–Trinajstić information content (AvgIpc) is 2.96. The van der Waals surface area contributed by atoms with E-state index in [-0.39, 0.29) is 19.0 Å². The number of methoxy groups -OCH3 is 1. The third kappa shape index (κ3) is 3.91. The molecule has 0 saturated heterocycles. The Morgan fingerprint density at radius 1 is 1.33 bits per heavy atom. The molecule has 0 aliphatic carbocycles. The van der Waals surface area contributed by atoms with Gasteiger partial charge in [-0.05, 0) is 19.9 Å². The molecule has 0 aromatic carbocycles. The first kappa shape index (κ1) is 14.8. The van der Waals surface area contributed by atoms with E-state index < -0.39 is 5.97 Å². The molecule has 0 bridgehead atoms. The number of esters is 1. The molecular weight excluding hydrogens is 274 g/mol. The summed E-state index contributed by atoms with van der Waals surface area (Å²) in [5, 5.41) is 10.9. The van der Waals surface area contributed by atoms with Gasteiger partial charge < -0.3 is 10.1 Å². The molecule has 21 heavy (non-hydrogen) atoms. The molecule has 2 heterocycles. The number of anilines is 1. The van der Waals surface area contributed by atoms with Crippen molar-refractivity contribution < 1.29 is 14.3 Å². The van der Waals surface area contributed by atoms with Gasteiger partial charge in [0.25, 0.3) is 0 Å². The highest BCUT2D eigenvalue weighted by Crippen LogP contribution is 2.06. The Labute approximate surface area is 121 Å². The van der Waals surface area contributed by atoms with Gasteiger partial charge >= 0.3 is 5.97 Å². The van der Waals surface area contributed by atoms with Crippen LogP contribution in [0.4, 0.5) is 5.69 Å². The third-order valence-corrected chi connectivity index (χ3v) is 2.83. The van der Waals surface area contributed by atoms with Crippen LogP contribution in [0.3, 0.4) is 0 Å². The summed E-state index contributed by atoms with van der Waals surface area (Å²) in [5.74, 6) is -0.613. The van der Waals surface area contributed by atoms with Crippen molar-refractivity contribution in [3.63, 3.8) is 0 Å². The molecule has 2 aromatic rings. The summed E-state index contributed by atoms with van der Waals surface area (Å²) >= 11 is 0. The third-order valence-electron chi connectivity index (χ3n) is 2.83. The van der Waals surface area contributed by atoms with Gasteiger partial charge in [-0.3, -0.25) is 19.0 Å². The van der Waals surface area contributed by atoms with Crippen LogP contribution in [0.25, 0.3) is 0 Å². The second-order valence-corrected chi connectivity index (χ2v) is 4.64. The number of rotatable bonds is 5. The van der Waals surface area contributed by atoms with Gasteiger partial charge in [0, 0.05) is 11.9 Å². The number of carbonyl (C=O) groups is 2. The van der Waals surface area contributed by atoms with Crippen LogP contribution in [0.1, 0.15) is 11.4 Å². The lowest BCUT2D eigenvalue weighted by atomic mass is 10.4. The first-order chi connectivity index (χ1) is 9.97. The second kappa shape index (κ2) is 6.21. The van der Waals surface area contributed by atoms with Crippen LogP contribution in [0, 0.1) is 13.8 Å². The highest BCUT2D eigenvalue weighted by molar-refractivity contribution is 5.90. The van der Waals surface area contributed by atoms with Gasteiger partial charge in [0.2, 0.25) is 5.91 Å². The molecule has 1 amide bonds. The van der Waals surface area contributed by atoms with Crippen molar-refractivity contribution in [2.24, 2.45) is 0 Å². The first-order valence-electron chi connectivity index (χ1n) is 6.38. The number of ether oxygens (including phenoxy) is 1. The molecule has 8 heteroatoms. The minimum absolute atomic E-state index is 0.00380. The standard InChI is InChI=1S/C13H17N5O3/c1-9-4-10(2)18(16-9)7-12(19)15-11-5-14-17(6-11)8-13(20)21-3/h4-6H,7-8H2,1-3H3,(H,15,19). The van der Waals surface area contributed by atoms with E-state index in [1.54, 1.807) is 10.9 Å². The predicted molar refractivity (Wildman–Crippen MR) is 74.6 cm³/mol. The van der Waals surface area contributed by atoms with Crippen molar-refractivity contribution in [1.29, 1.82) is 0 Å². The number of nitrogens with zero attached hydrogens (tertiary/aromatic N) is 4. The minimum atomic E-state index is -0.404. The second-order valence-electron chi connectivity index (χ2n) is 4.64. The summed E-state index contributed by atoms with van der Waals surface area (Å²) in [7, 11) is 1.31. The molecule has 0 aliphatic heterocycles. The van der Waals surface area contributed by atoms with E-state index in [9.17, 15) is 9.59 Å². The molecule has 0 fully saturated rings. The fourth-order valence-electron chi connectivity index (χ4n) is 1.88. The van der Waals surface area contributed by atoms with Crippen molar-refractivity contribution in [1.82, 2.24) is 19.6 Å². The largest absolute Gasteiger partial charge is 0.468 e. The number of hydrogen-bond donors (Lipinski definition) is 1. The molecule has 0 aliphatic rings. The monoisotopic (exact) mass is 291 g/mol. The van der Waals surface area contributed by atoms with Crippen molar-refractivity contribution in [3.8, 4) is 0 Å². The Morgan fingerprint density at radius 3 is 2.71 bits per heavy atom. The van der Waals surface area contributed by atoms with Gasteiger partial charge in [0.15, 0.2) is 0 Å². The zero-order valence-corrected chi connectivity index (χ0v) is 12.2. The molecule has 2 aromatic heterocycles. The van der Waals surface area contributed by atoms with Gasteiger partial charge in [-0.15, -0.1) is 0 Å². The highest BCUT2D eigenvalue weighted by Gasteiger charge is 2.09. The summed E-state index contributed by atoms with van der Waals surface area (Å²) in [5.41, 5.74) is 2.31. The summed E-state index contributed by atoms with van der Waals surface area (Å²) in [4.78, 5) is 23.0. The number of hydrogen-bond acceptors (Lipinski definition) is 5. The fraction of sp³-hybridized carbons (Fsp3) is 0.385. The summed E-state index contributed by atoms with van der Waals surface area (Å²) in [6, 6.07) is 1.90. The Balaban J connectivity index is 1.94. The summed E-state index contributed by atoms with van der Waals surface area (Å²) < 4.78 is 7.56. The lowest BCUT2D eigenvalue weighted by Gasteiger charge is -2.04. The van der Waals surface area contributed by atoms with Crippen molar-refractivity contribution in [2.75, 3.05) is 12.4 Å². The number of aryl methyl sites for hydroxylation is 2. The average molecular weight is 291 g/mol. The van der Waals surface area contributed by atoms with Gasteiger partial charge in [-0.2, -0.15) is 10.2 Å². The van der Waals surface area contributed by atoms with E-state index in [2.05, 4.69) is 20.3 Å². The Morgan fingerprint density at radius 2 is 2.10 bits per heavy atom. The van der Waals surface area contributed by atoms with Gasteiger partial charge in [0.05, 0.1) is 24.7 Å². The maximum Gasteiger partial charge on any atom is 0.327 e. The molecule has 0 spiro atoms. The van der Waals surface area contributed by atoms with Crippen LogP contribution in [-0.2, 0) is 27.4 Å². The smallest absolute Gasteiger partial charge is 0.327 e. The fourth-order valence-corrected chi connectivity index (χ4v) is 1.88. The van der Waals surface area contributed by atoms with Crippen LogP contribution < -0.4 is 5.32 Å². The van der Waals surface area contributed by atoms with Gasteiger partial charge in [0.1, 0.15) is 13.1 Å². The quantitative estimate of drug-likeness (QED) is 0.810. The molecule has 0 radical (unpaired) electrons. The zero-order chi connectivity index (χ0) is 15.4. The maximum atomic E-state index is 11.9. The molecular formula is C13H17N5O3. The van der Waals surface area contributed by atoms with Crippen LogP contribution in [0.2, 0.25) is 0 Å². The number of aromatic nitrogens is 4. The van der Waals surface area contributed by atoms with Crippen LogP contribution in [-0.4, -0.2) is 38.5 Å². The molecule has 8 nitrogen and oxygen atoms in total. The molecule has 1 N–H and O–H groups in total. The number of carbonyl (C=O) groups excluding carboxylic acids is 2. The Bertz CT molecular complexity index is 659. The van der Waals surface area contributed by atoms with E-state index in [1.807, 2.05) is 19.9 Å². The van der Waals surface area contributed by atoms with E-state index >= 15 is 0 Å². The molecule has 0 atom stereocenters. The lowest BCUT2D eigenvalue weighted by Crippen LogP contribution is -2.20. The minimum Gasteiger partial charge on any atom is -0.468 e. The van der Waals surface area contributed by atoms with E-state index in [4.69, 9.17) is 0 Å². The van der Waals surface area contributed by atoms with Gasteiger partial charge in [-0.25, -0.2) is 0 Å². The maximum absolute atomic E-state index is 11.9. The topological polar surface area (TPSA) is 91.0 Å². The molecule has 0 unspecified atom stereocenters. The molecule has 2 rings (SSSR count). The zero-order valence-electron chi connectivity index (χ0n) is 12.2. The van der Waals surface area contributed by atoms with Crippen LogP contribution >= 0.6 is 0 Å². The van der Waals surface area contributed by atoms with E-state index in [0.717, 1.165) is 11.4 Å². The van der Waals surface area contributed by atoms with Crippen LogP contribution in [0.15, 0.2) is 18.5 Å². The van der Waals surface area contributed by atoms with E-state index in [0.29, 0.717) is 5.69 Å². The molecule has 0 saturated carbocycles. The van der Waals surface area contributed by atoms with Crippen LogP contribution in [0.5, 0.6) is 0 Å². The van der Waals surface area contributed by atoms with Crippen molar-refractivity contribution in [3.05, 3.63) is 29.8 Å². The van der Waals surface area contributed by atoms with Crippen molar-refractivity contribution >= 4 is 17.6 Å². The number of amides is 1. The Hall–Kier alpha value is -2.64.